The van der Waals surface area contributed by atoms with Crippen LogP contribution in [-0.2, 0) is 4.79 Å². The second-order valence-corrected chi connectivity index (χ2v) is 7.79. The first-order valence-electron chi connectivity index (χ1n) is 9.25. The molecule has 0 aromatic carbocycles. The van der Waals surface area contributed by atoms with E-state index >= 15 is 0 Å². The number of nitrogens with zero attached hydrogens (tertiary/aromatic N) is 4. The van der Waals surface area contributed by atoms with Gasteiger partial charge >= 0.3 is 0 Å². The van der Waals surface area contributed by atoms with E-state index in [-0.39, 0.29) is 5.91 Å². The maximum absolute atomic E-state index is 11.5. The van der Waals surface area contributed by atoms with Crippen LogP contribution >= 0.6 is 27.5 Å². The molecule has 8 heteroatoms. The Bertz CT molecular complexity index is 963. The number of amides is 1. The highest BCUT2D eigenvalue weighted by Gasteiger charge is 2.14. The van der Waals surface area contributed by atoms with Gasteiger partial charge < -0.3 is 10.2 Å². The number of carbonyl (C=O) groups excluding carboxylic acids is 1. The summed E-state index contributed by atoms with van der Waals surface area (Å²) in [5.41, 5.74) is 2.63. The molecule has 2 heterocycles. The standard InChI is InChI=1S/C20H23BrClN5O/c1-3-26(14(2)28)10-6-9-23-19-20-24-12-18(21)27(20)13-17(25-19)15-7-4-5-8-16(22)11-15/h4-5,7-8,12-13H,3,6,9-11H2,1-2H3,(H,23,25). The summed E-state index contributed by atoms with van der Waals surface area (Å²) in [6.45, 7) is 5.71. The summed E-state index contributed by atoms with van der Waals surface area (Å²) in [6.07, 6.45) is 13.0. The predicted octanol–water partition coefficient (Wildman–Crippen LogP) is 4.63. The number of halogens is 2. The van der Waals surface area contributed by atoms with E-state index < -0.39 is 0 Å². The van der Waals surface area contributed by atoms with E-state index in [0.29, 0.717) is 25.3 Å². The lowest BCUT2D eigenvalue weighted by atomic mass is 10.1. The predicted molar refractivity (Wildman–Crippen MR) is 117 cm³/mol. The van der Waals surface area contributed by atoms with Crippen LogP contribution in [0.2, 0.25) is 0 Å². The molecule has 1 aliphatic rings. The number of rotatable bonds is 7. The third-order valence-electron chi connectivity index (χ3n) is 4.55. The molecule has 0 bridgehead atoms. The number of anilines is 1. The van der Waals surface area contributed by atoms with Crippen molar-refractivity contribution >= 4 is 50.5 Å². The Morgan fingerprint density at radius 2 is 2.18 bits per heavy atom. The molecule has 0 atom stereocenters. The minimum absolute atomic E-state index is 0.0977. The molecule has 0 saturated carbocycles. The maximum Gasteiger partial charge on any atom is 0.219 e. The highest BCUT2D eigenvalue weighted by atomic mass is 79.9. The van der Waals surface area contributed by atoms with Gasteiger partial charge in [0.05, 0.1) is 11.9 Å². The van der Waals surface area contributed by atoms with Gasteiger partial charge in [-0.25, -0.2) is 9.97 Å². The maximum atomic E-state index is 11.5. The van der Waals surface area contributed by atoms with Gasteiger partial charge in [0.25, 0.3) is 0 Å². The van der Waals surface area contributed by atoms with Gasteiger partial charge in [-0.05, 0) is 40.9 Å². The van der Waals surface area contributed by atoms with Crippen LogP contribution in [0.5, 0.6) is 0 Å². The van der Waals surface area contributed by atoms with Crippen LogP contribution in [0, 0.1) is 0 Å². The van der Waals surface area contributed by atoms with Crippen LogP contribution < -0.4 is 5.32 Å². The highest BCUT2D eigenvalue weighted by molar-refractivity contribution is 9.10. The molecular formula is C20H23BrClN5O. The molecule has 3 rings (SSSR count). The third-order valence-corrected chi connectivity index (χ3v) is 5.39. The van der Waals surface area contributed by atoms with Crippen LogP contribution in [0.4, 0.5) is 5.82 Å². The summed E-state index contributed by atoms with van der Waals surface area (Å²) >= 11 is 9.81. The molecule has 0 radical (unpaired) electrons. The molecule has 28 heavy (non-hydrogen) atoms. The van der Waals surface area contributed by atoms with Crippen molar-refractivity contribution in [3.05, 3.63) is 52.0 Å². The molecule has 2 aromatic rings. The number of allylic oxidation sites excluding steroid dienone is 6. The van der Waals surface area contributed by atoms with Crippen LogP contribution in [0.1, 0.15) is 32.4 Å². The zero-order valence-electron chi connectivity index (χ0n) is 16.0. The Kier molecular flexibility index (Phi) is 6.91. The highest BCUT2D eigenvalue weighted by Crippen LogP contribution is 2.28. The number of carbonyl (C=O) groups is 1. The molecule has 2 aromatic heterocycles. The van der Waals surface area contributed by atoms with E-state index in [1.807, 2.05) is 46.7 Å². The van der Waals surface area contributed by atoms with Gasteiger partial charge in [-0.2, -0.15) is 0 Å². The molecule has 1 amide bonds. The number of imidazole rings is 1. The van der Waals surface area contributed by atoms with E-state index in [1.54, 1.807) is 13.1 Å². The van der Waals surface area contributed by atoms with Gasteiger partial charge in [0.15, 0.2) is 11.5 Å². The van der Waals surface area contributed by atoms with Crippen molar-refractivity contribution in [1.29, 1.82) is 0 Å². The zero-order chi connectivity index (χ0) is 20.1. The summed E-state index contributed by atoms with van der Waals surface area (Å²) in [6, 6.07) is 0. The zero-order valence-corrected chi connectivity index (χ0v) is 18.3. The Balaban J connectivity index is 1.81. The number of hydrogen-bond donors (Lipinski definition) is 1. The van der Waals surface area contributed by atoms with Crippen molar-refractivity contribution in [3.63, 3.8) is 0 Å². The minimum Gasteiger partial charge on any atom is -0.367 e. The topological polar surface area (TPSA) is 62.5 Å². The first-order chi connectivity index (χ1) is 13.5. The lowest BCUT2D eigenvalue weighted by Gasteiger charge is -2.19. The summed E-state index contributed by atoms with van der Waals surface area (Å²) in [5, 5.41) is 4.15. The van der Waals surface area contributed by atoms with Crippen LogP contribution in [0.15, 0.2) is 46.3 Å². The Morgan fingerprint density at radius 3 is 2.93 bits per heavy atom. The van der Waals surface area contributed by atoms with E-state index in [4.69, 9.17) is 16.6 Å². The number of hydrogen-bond acceptors (Lipinski definition) is 4. The normalized spacial score (nSPS) is 13.9. The minimum atomic E-state index is 0.0977. The first kappa shape index (κ1) is 20.6. The summed E-state index contributed by atoms with van der Waals surface area (Å²) in [7, 11) is 0. The fourth-order valence-corrected chi connectivity index (χ4v) is 3.64. The van der Waals surface area contributed by atoms with E-state index in [1.165, 1.54) is 0 Å². The molecule has 6 nitrogen and oxygen atoms in total. The Labute approximate surface area is 178 Å². The largest absolute Gasteiger partial charge is 0.367 e. The molecule has 0 spiro atoms. The van der Waals surface area contributed by atoms with Crippen molar-refractivity contribution in [1.82, 2.24) is 19.3 Å². The monoisotopic (exact) mass is 463 g/mol. The molecule has 0 unspecified atom stereocenters. The number of fused-ring (bicyclic) bond motifs is 1. The van der Waals surface area contributed by atoms with Gasteiger partial charge in [0.2, 0.25) is 5.91 Å². The van der Waals surface area contributed by atoms with E-state index in [0.717, 1.165) is 39.5 Å². The molecule has 1 aliphatic carbocycles. The van der Waals surface area contributed by atoms with Crippen molar-refractivity contribution in [2.24, 2.45) is 0 Å². The second kappa shape index (κ2) is 9.39. The lowest BCUT2D eigenvalue weighted by molar-refractivity contribution is -0.128. The third kappa shape index (κ3) is 4.83. The van der Waals surface area contributed by atoms with Crippen molar-refractivity contribution in [2.45, 2.75) is 26.7 Å². The molecule has 0 aliphatic heterocycles. The van der Waals surface area contributed by atoms with Gasteiger partial charge in [0.1, 0.15) is 4.60 Å². The smallest absolute Gasteiger partial charge is 0.219 e. The average molecular weight is 465 g/mol. The van der Waals surface area contributed by atoms with Gasteiger partial charge in [-0.1, -0.05) is 29.8 Å². The fourth-order valence-electron chi connectivity index (χ4n) is 3.06. The first-order valence-corrected chi connectivity index (χ1v) is 10.4. The quantitative estimate of drug-likeness (QED) is 0.607. The van der Waals surface area contributed by atoms with Gasteiger partial charge in [-0.15, -0.1) is 0 Å². The van der Waals surface area contributed by atoms with Crippen molar-refractivity contribution in [3.8, 4) is 0 Å². The van der Waals surface area contributed by atoms with Crippen molar-refractivity contribution < 1.29 is 4.79 Å². The van der Waals surface area contributed by atoms with Gasteiger partial charge in [-0.3, -0.25) is 9.20 Å². The fraction of sp³-hybridized carbons (Fsp3) is 0.350. The second-order valence-electron chi connectivity index (χ2n) is 6.50. The summed E-state index contributed by atoms with van der Waals surface area (Å²) < 4.78 is 2.82. The number of nitrogens with one attached hydrogen (secondary N) is 1. The molecule has 148 valence electrons. The molecule has 0 fully saturated rings. The van der Waals surface area contributed by atoms with Crippen LogP contribution in [0.25, 0.3) is 11.2 Å². The van der Waals surface area contributed by atoms with E-state index in [2.05, 4.69) is 26.2 Å². The number of aromatic nitrogens is 3. The SMILES string of the molecule is CCN(CCCNc1nc(C2=CC=CC=C(Cl)C2)cn2c(Br)cnc12)C(C)=O. The summed E-state index contributed by atoms with van der Waals surface area (Å²) in [5.74, 6) is 0.809. The van der Waals surface area contributed by atoms with Crippen LogP contribution in [-0.4, -0.2) is 44.8 Å². The molecular weight excluding hydrogens is 442 g/mol. The van der Waals surface area contributed by atoms with E-state index in [9.17, 15) is 4.79 Å². The van der Waals surface area contributed by atoms with Crippen molar-refractivity contribution in [2.75, 3.05) is 25.0 Å². The lowest BCUT2D eigenvalue weighted by Crippen LogP contribution is -2.30. The Morgan fingerprint density at radius 1 is 1.39 bits per heavy atom. The Hall–Kier alpha value is -2.12. The average Bonchev–Trinajstić information content (AvgIpc) is 2.90. The van der Waals surface area contributed by atoms with Gasteiger partial charge in [0, 0.05) is 44.2 Å². The molecule has 0 saturated heterocycles. The van der Waals surface area contributed by atoms with Crippen LogP contribution in [0.3, 0.4) is 0 Å². The molecule has 1 N–H and O–H groups in total. The summed E-state index contributed by atoms with van der Waals surface area (Å²) in [4.78, 5) is 22.6.